The number of halogens is 3. The van der Waals surface area contributed by atoms with Gasteiger partial charge in [0.1, 0.15) is 12.1 Å². The smallest absolute Gasteiger partial charge is 0.406 e. The number of benzene rings is 4. The molecule has 1 aliphatic rings. The third kappa shape index (κ3) is 5.40. The highest BCUT2D eigenvalue weighted by molar-refractivity contribution is 8.15. The molecule has 1 amide bonds. The summed E-state index contributed by atoms with van der Waals surface area (Å²) in [5.41, 5.74) is 5.88. The molecule has 0 atom stereocenters. The predicted molar refractivity (Wildman–Crippen MR) is 155 cm³/mol. The van der Waals surface area contributed by atoms with Gasteiger partial charge in [-0.2, -0.15) is 10.1 Å². The number of alkyl halides is 3. The van der Waals surface area contributed by atoms with Gasteiger partial charge in [-0.25, -0.2) is 9.98 Å². The standard InChI is InChI=1S/C30H22F3N5O2S/c1-18-4-3-5-19(2)27(18)36-29-38(26(39)16-41-29)35-15-20-6-12-24-21(14-20)7-13-25-28(24)34-17-37(25)22-8-10-23(11-9-22)40-30(31,32)33/h3-15,17H,16H2,1-2H3/b35-15+,36-29-. The largest absolute Gasteiger partial charge is 0.573 e. The highest BCUT2D eigenvalue weighted by Gasteiger charge is 2.31. The van der Waals surface area contributed by atoms with Crippen molar-refractivity contribution in [1.82, 2.24) is 14.6 Å². The number of hydrogen-bond acceptors (Lipinski definition) is 6. The minimum Gasteiger partial charge on any atom is -0.406 e. The molecule has 0 radical (unpaired) electrons. The lowest BCUT2D eigenvalue weighted by Crippen LogP contribution is -2.23. The number of carbonyl (C=O) groups is 1. The molecule has 1 fully saturated rings. The second-order valence-electron chi connectivity index (χ2n) is 9.44. The Bertz CT molecular complexity index is 1840. The molecule has 6 rings (SSSR count). The molecule has 1 aromatic heterocycles. The number of amides is 1. The Morgan fingerprint density at radius 2 is 1.76 bits per heavy atom. The fourth-order valence-electron chi connectivity index (χ4n) is 4.67. The van der Waals surface area contributed by atoms with E-state index < -0.39 is 6.36 Å². The number of imidazole rings is 1. The monoisotopic (exact) mass is 573 g/mol. The molecule has 206 valence electrons. The Hall–Kier alpha value is -4.64. The summed E-state index contributed by atoms with van der Waals surface area (Å²) in [5, 5.41) is 8.17. The molecule has 2 heterocycles. The van der Waals surface area contributed by atoms with E-state index in [1.54, 1.807) is 29.2 Å². The molecule has 0 spiro atoms. The lowest BCUT2D eigenvalue weighted by Gasteiger charge is -2.11. The summed E-state index contributed by atoms with van der Waals surface area (Å²) in [7, 11) is 0. The maximum absolute atomic E-state index is 12.6. The lowest BCUT2D eigenvalue weighted by molar-refractivity contribution is -0.274. The normalized spacial score (nSPS) is 15.2. The maximum atomic E-state index is 12.6. The molecule has 1 aliphatic heterocycles. The minimum atomic E-state index is -4.75. The van der Waals surface area contributed by atoms with Crippen LogP contribution in [0.3, 0.4) is 0 Å². The van der Waals surface area contributed by atoms with Crippen LogP contribution in [0.4, 0.5) is 18.9 Å². The number of rotatable bonds is 5. The van der Waals surface area contributed by atoms with E-state index in [1.165, 1.54) is 28.9 Å². The van der Waals surface area contributed by atoms with Crippen molar-refractivity contribution in [3.8, 4) is 11.4 Å². The molecule has 0 bridgehead atoms. The van der Waals surface area contributed by atoms with Crippen LogP contribution in [0.5, 0.6) is 5.75 Å². The number of nitrogens with zero attached hydrogens (tertiary/aromatic N) is 5. The molecule has 7 nitrogen and oxygen atoms in total. The number of hydrogen-bond donors (Lipinski definition) is 0. The maximum Gasteiger partial charge on any atom is 0.573 e. The highest BCUT2D eigenvalue weighted by Crippen LogP contribution is 2.30. The number of ether oxygens (including phenoxy) is 1. The predicted octanol–water partition coefficient (Wildman–Crippen LogP) is 7.29. The van der Waals surface area contributed by atoms with Crippen LogP contribution in [0.2, 0.25) is 0 Å². The molecule has 0 saturated carbocycles. The summed E-state index contributed by atoms with van der Waals surface area (Å²) in [5.74, 6) is -0.150. The second kappa shape index (κ2) is 10.4. The number of carbonyl (C=O) groups excluding carboxylic acids is 1. The van der Waals surface area contributed by atoms with Crippen LogP contribution in [0, 0.1) is 13.8 Å². The topological polar surface area (TPSA) is 72.1 Å². The van der Waals surface area contributed by atoms with Gasteiger partial charge in [-0.05, 0) is 72.3 Å². The second-order valence-corrected chi connectivity index (χ2v) is 10.4. The van der Waals surface area contributed by atoms with E-state index in [1.807, 2.05) is 62.4 Å². The zero-order valence-electron chi connectivity index (χ0n) is 21.9. The van der Waals surface area contributed by atoms with Gasteiger partial charge in [0, 0.05) is 11.1 Å². The van der Waals surface area contributed by atoms with E-state index in [0.29, 0.717) is 10.9 Å². The van der Waals surface area contributed by atoms with E-state index >= 15 is 0 Å². The van der Waals surface area contributed by atoms with Crippen molar-refractivity contribution < 1.29 is 22.7 Å². The summed E-state index contributed by atoms with van der Waals surface area (Å²) < 4.78 is 43.3. The molecule has 5 aromatic rings. The summed E-state index contributed by atoms with van der Waals surface area (Å²) in [6, 6.07) is 21.2. The zero-order chi connectivity index (χ0) is 28.7. The first-order valence-electron chi connectivity index (χ1n) is 12.6. The number of thioether (sulfide) groups is 1. The molecule has 41 heavy (non-hydrogen) atoms. The van der Waals surface area contributed by atoms with Crippen LogP contribution in [-0.2, 0) is 4.79 Å². The van der Waals surface area contributed by atoms with Crippen LogP contribution in [-0.4, -0.2) is 44.0 Å². The molecule has 0 unspecified atom stereocenters. The van der Waals surface area contributed by atoms with Crippen LogP contribution in [0.15, 0.2) is 89.2 Å². The SMILES string of the molecule is Cc1cccc(C)c1/N=C1\SCC(=O)N1/N=C/c1ccc2c(ccc3c2ncn3-c2ccc(OC(F)(F)F)cc2)c1. The van der Waals surface area contributed by atoms with E-state index in [0.717, 1.165) is 44.2 Å². The van der Waals surface area contributed by atoms with Crippen LogP contribution >= 0.6 is 11.8 Å². The first-order chi connectivity index (χ1) is 19.7. The van der Waals surface area contributed by atoms with Crippen LogP contribution in [0.25, 0.3) is 27.5 Å². The quantitative estimate of drug-likeness (QED) is 0.207. The van der Waals surface area contributed by atoms with Gasteiger partial charge in [0.2, 0.25) is 0 Å². The van der Waals surface area contributed by atoms with Gasteiger partial charge < -0.3 is 4.74 Å². The number of para-hydroxylation sites is 1. The Morgan fingerprint density at radius 3 is 2.49 bits per heavy atom. The average Bonchev–Trinajstić information content (AvgIpc) is 3.52. The molecule has 11 heteroatoms. The fraction of sp³-hybridized carbons (Fsp3) is 0.133. The first-order valence-corrected chi connectivity index (χ1v) is 13.6. The summed E-state index contributed by atoms with van der Waals surface area (Å²) in [6.45, 7) is 3.97. The number of amidine groups is 1. The molecular weight excluding hydrogens is 551 g/mol. The highest BCUT2D eigenvalue weighted by atomic mass is 32.2. The van der Waals surface area contributed by atoms with Crippen LogP contribution < -0.4 is 4.74 Å². The van der Waals surface area contributed by atoms with Crippen molar-refractivity contribution in [2.45, 2.75) is 20.2 Å². The van der Waals surface area contributed by atoms with E-state index in [4.69, 9.17) is 4.99 Å². The van der Waals surface area contributed by atoms with E-state index in [2.05, 4.69) is 14.8 Å². The Labute approximate surface area is 237 Å². The number of hydrazone groups is 1. The summed E-state index contributed by atoms with van der Waals surface area (Å²) in [4.78, 5) is 21.9. The van der Waals surface area contributed by atoms with Crippen molar-refractivity contribution >= 4 is 56.5 Å². The van der Waals surface area contributed by atoms with Gasteiger partial charge in [0.15, 0.2) is 5.17 Å². The fourth-order valence-corrected chi connectivity index (χ4v) is 5.48. The number of aryl methyl sites for hydroxylation is 2. The summed E-state index contributed by atoms with van der Waals surface area (Å²) >= 11 is 1.36. The lowest BCUT2D eigenvalue weighted by atomic mass is 10.1. The Balaban J connectivity index is 1.27. The van der Waals surface area contributed by atoms with Gasteiger partial charge in [-0.1, -0.05) is 48.2 Å². The molecule has 4 aromatic carbocycles. The first kappa shape index (κ1) is 26.6. The molecule has 1 saturated heterocycles. The summed E-state index contributed by atoms with van der Waals surface area (Å²) in [6.07, 6.45) is -1.48. The Morgan fingerprint density at radius 1 is 1.00 bits per heavy atom. The van der Waals surface area contributed by atoms with Crippen molar-refractivity contribution in [3.05, 3.63) is 95.8 Å². The van der Waals surface area contributed by atoms with Crippen molar-refractivity contribution in [2.75, 3.05) is 5.75 Å². The van der Waals surface area contributed by atoms with Crippen LogP contribution in [0.1, 0.15) is 16.7 Å². The average molecular weight is 574 g/mol. The molecular formula is C30H22F3N5O2S. The van der Waals surface area contributed by atoms with Gasteiger partial charge in [0.25, 0.3) is 5.91 Å². The van der Waals surface area contributed by atoms with E-state index in [9.17, 15) is 18.0 Å². The molecule has 0 N–H and O–H groups in total. The van der Waals surface area contributed by atoms with Crippen molar-refractivity contribution in [2.24, 2.45) is 10.1 Å². The molecule has 0 aliphatic carbocycles. The van der Waals surface area contributed by atoms with Gasteiger partial charge >= 0.3 is 6.36 Å². The van der Waals surface area contributed by atoms with Gasteiger partial charge in [-0.15, -0.1) is 13.2 Å². The third-order valence-corrected chi connectivity index (χ3v) is 7.53. The van der Waals surface area contributed by atoms with Crippen molar-refractivity contribution in [3.63, 3.8) is 0 Å². The zero-order valence-corrected chi connectivity index (χ0v) is 22.7. The van der Waals surface area contributed by atoms with Gasteiger partial charge in [-0.3, -0.25) is 9.36 Å². The minimum absolute atomic E-state index is 0.137. The van der Waals surface area contributed by atoms with Gasteiger partial charge in [0.05, 0.1) is 28.7 Å². The Kier molecular flexibility index (Phi) is 6.74. The van der Waals surface area contributed by atoms with Crippen molar-refractivity contribution in [1.29, 1.82) is 0 Å². The number of aromatic nitrogens is 2. The van der Waals surface area contributed by atoms with E-state index in [-0.39, 0.29) is 17.4 Å². The number of fused-ring (bicyclic) bond motifs is 3. The third-order valence-electron chi connectivity index (χ3n) is 6.62. The number of aliphatic imine (C=N–C) groups is 1.